The van der Waals surface area contributed by atoms with Crippen molar-refractivity contribution in [2.45, 2.75) is 0 Å². The number of carbonyl (C=O) groups excluding carboxylic acids is 2. The lowest BCUT2D eigenvalue weighted by atomic mass is 10.2. The number of rotatable bonds is 5. The SMILES string of the molecule is COc1ccc(C(=O)OCC(=O)NCC#N)cc1N. The average Bonchev–Trinajstić information content (AvgIpc) is 2.42. The number of nitriles is 1. The second kappa shape index (κ2) is 6.86. The third kappa shape index (κ3) is 4.20. The van der Waals surface area contributed by atoms with Crippen LogP contribution in [0.1, 0.15) is 10.4 Å². The fourth-order valence-corrected chi connectivity index (χ4v) is 1.26. The molecule has 0 aliphatic heterocycles. The van der Waals surface area contributed by atoms with Crippen LogP contribution in [-0.2, 0) is 9.53 Å². The van der Waals surface area contributed by atoms with Crippen LogP contribution in [0.25, 0.3) is 0 Å². The summed E-state index contributed by atoms with van der Waals surface area (Å²) in [5, 5.41) is 10.5. The molecular weight excluding hydrogens is 250 g/mol. The summed E-state index contributed by atoms with van der Waals surface area (Å²) in [5.74, 6) is -0.777. The minimum Gasteiger partial charge on any atom is -0.495 e. The van der Waals surface area contributed by atoms with Crippen LogP contribution in [0.3, 0.4) is 0 Å². The Morgan fingerprint density at radius 2 is 2.21 bits per heavy atom. The lowest BCUT2D eigenvalue weighted by molar-refractivity contribution is -0.123. The molecule has 0 unspecified atom stereocenters. The highest BCUT2D eigenvalue weighted by Crippen LogP contribution is 2.22. The van der Waals surface area contributed by atoms with Crippen molar-refractivity contribution in [3.8, 4) is 11.8 Å². The fraction of sp³-hybridized carbons (Fsp3) is 0.250. The number of nitrogens with zero attached hydrogens (tertiary/aromatic N) is 1. The van der Waals surface area contributed by atoms with E-state index in [1.54, 1.807) is 6.07 Å². The van der Waals surface area contributed by atoms with Crippen LogP contribution in [0.2, 0.25) is 0 Å². The second-order valence-corrected chi connectivity index (χ2v) is 3.47. The molecule has 0 spiro atoms. The van der Waals surface area contributed by atoms with Crippen molar-refractivity contribution < 1.29 is 19.1 Å². The number of nitrogen functional groups attached to an aromatic ring is 1. The molecule has 19 heavy (non-hydrogen) atoms. The van der Waals surface area contributed by atoms with Crippen molar-refractivity contribution in [1.82, 2.24) is 5.32 Å². The van der Waals surface area contributed by atoms with Crippen LogP contribution in [0.15, 0.2) is 18.2 Å². The maximum Gasteiger partial charge on any atom is 0.338 e. The van der Waals surface area contributed by atoms with Gasteiger partial charge in [0.05, 0.1) is 24.4 Å². The molecule has 0 aromatic heterocycles. The van der Waals surface area contributed by atoms with E-state index in [4.69, 9.17) is 20.5 Å². The summed E-state index contributed by atoms with van der Waals surface area (Å²) in [6.45, 7) is -0.585. The van der Waals surface area contributed by atoms with Gasteiger partial charge in [0.2, 0.25) is 0 Å². The molecule has 1 aromatic carbocycles. The van der Waals surface area contributed by atoms with Crippen molar-refractivity contribution in [3.63, 3.8) is 0 Å². The van der Waals surface area contributed by atoms with Gasteiger partial charge in [0.15, 0.2) is 6.61 Å². The van der Waals surface area contributed by atoms with E-state index < -0.39 is 18.5 Å². The summed E-state index contributed by atoms with van der Waals surface area (Å²) in [4.78, 5) is 22.7. The van der Waals surface area contributed by atoms with Crippen LogP contribution < -0.4 is 15.8 Å². The highest BCUT2D eigenvalue weighted by Gasteiger charge is 2.11. The van der Waals surface area contributed by atoms with Gasteiger partial charge in [-0.2, -0.15) is 5.26 Å². The topological polar surface area (TPSA) is 114 Å². The molecule has 1 rings (SSSR count). The van der Waals surface area contributed by atoms with Gasteiger partial charge in [-0.25, -0.2) is 4.79 Å². The Morgan fingerprint density at radius 1 is 1.47 bits per heavy atom. The van der Waals surface area contributed by atoms with Crippen LogP contribution in [0.5, 0.6) is 5.75 Å². The van der Waals surface area contributed by atoms with E-state index >= 15 is 0 Å². The Labute approximate surface area is 109 Å². The van der Waals surface area contributed by atoms with E-state index in [2.05, 4.69) is 5.32 Å². The molecule has 0 saturated carbocycles. The maximum atomic E-state index is 11.6. The number of hydrogen-bond acceptors (Lipinski definition) is 6. The van der Waals surface area contributed by atoms with Crippen LogP contribution >= 0.6 is 0 Å². The van der Waals surface area contributed by atoms with Crippen LogP contribution in [0.4, 0.5) is 5.69 Å². The first kappa shape index (κ1) is 14.3. The van der Waals surface area contributed by atoms with Gasteiger partial charge in [-0.3, -0.25) is 4.79 Å². The number of anilines is 1. The number of methoxy groups -OCH3 is 1. The summed E-state index contributed by atoms with van der Waals surface area (Å²) >= 11 is 0. The fourth-order valence-electron chi connectivity index (χ4n) is 1.26. The molecule has 0 fully saturated rings. The molecule has 7 nitrogen and oxygen atoms in total. The standard InChI is InChI=1S/C12H13N3O4/c1-18-10-3-2-8(6-9(10)14)12(17)19-7-11(16)15-5-4-13/h2-3,6H,5,7,14H2,1H3,(H,15,16). The third-order valence-corrected chi connectivity index (χ3v) is 2.16. The van der Waals surface area contributed by atoms with Crippen molar-refractivity contribution in [3.05, 3.63) is 23.8 Å². The third-order valence-electron chi connectivity index (χ3n) is 2.16. The predicted octanol–water partition coefficient (Wildman–Crippen LogP) is 0.0740. The number of ether oxygens (including phenoxy) is 2. The molecule has 0 aliphatic rings. The molecule has 0 heterocycles. The number of carbonyl (C=O) groups is 2. The summed E-state index contributed by atoms with van der Waals surface area (Å²) < 4.78 is 9.71. The number of esters is 1. The second-order valence-electron chi connectivity index (χ2n) is 3.47. The highest BCUT2D eigenvalue weighted by molar-refractivity contribution is 5.92. The zero-order valence-corrected chi connectivity index (χ0v) is 10.3. The monoisotopic (exact) mass is 263 g/mol. The average molecular weight is 263 g/mol. The van der Waals surface area contributed by atoms with E-state index in [1.807, 2.05) is 0 Å². The van der Waals surface area contributed by atoms with Crippen molar-refractivity contribution in [1.29, 1.82) is 5.26 Å². The Kier molecular flexibility index (Phi) is 5.17. The molecule has 0 aliphatic carbocycles. The van der Waals surface area contributed by atoms with Gasteiger partial charge in [0.1, 0.15) is 12.3 Å². The highest BCUT2D eigenvalue weighted by atomic mass is 16.5. The minimum atomic E-state index is -0.679. The van der Waals surface area contributed by atoms with Gasteiger partial charge in [-0.1, -0.05) is 0 Å². The summed E-state index contributed by atoms with van der Waals surface area (Å²) in [6, 6.07) is 6.14. The maximum absolute atomic E-state index is 11.6. The Balaban J connectivity index is 2.57. The lowest BCUT2D eigenvalue weighted by Crippen LogP contribution is -2.29. The number of hydrogen-bond donors (Lipinski definition) is 2. The number of benzene rings is 1. The Hall–Kier alpha value is -2.75. The summed E-state index contributed by atoms with van der Waals surface area (Å²) in [6.07, 6.45) is 0. The largest absolute Gasteiger partial charge is 0.495 e. The zero-order valence-electron chi connectivity index (χ0n) is 10.3. The molecular formula is C12H13N3O4. The van der Waals surface area contributed by atoms with Gasteiger partial charge in [-0.15, -0.1) is 0 Å². The number of nitrogens with one attached hydrogen (secondary N) is 1. The summed E-state index contributed by atoms with van der Waals surface area (Å²) in [5.41, 5.74) is 6.15. The Bertz CT molecular complexity index is 522. The van der Waals surface area contributed by atoms with Gasteiger partial charge >= 0.3 is 5.97 Å². The normalized spacial score (nSPS) is 9.26. The molecule has 0 saturated heterocycles. The van der Waals surface area contributed by atoms with Gasteiger partial charge < -0.3 is 20.5 Å². The van der Waals surface area contributed by atoms with Gasteiger partial charge in [-0.05, 0) is 18.2 Å². The molecule has 100 valence electrons. The molecule has 0 bridgehead atoms. The van der Waals surface area contributed by atoms with Crippen LogP contribution in [-0.4, -0.2) is 32.1 Å². The first-order valence-corrected chi connectivity index (χ1v) is 5.32. The van der Waals surface area contributed by atoms with E-state index in [0.717, 1.165) is 0 Å². The van der Waals surface area contributed by atoms with Crippen LogP contribution in [0, 0.1) is 11.3 Å². The van der Waals surface area contributed by atoms with E-state index in [0.29, 0.717) is 11.4 Å². The first-order valence-electron chi connectivity index (χ1n) is 5.32. The van der Waals surface area contributed by atoms with E-state index in [1.165, 1.54) is 25.3 Å². The van der Waals surface area contributed by atoms with Crippen molar-refractivity contribution in [2.75, 3.05) is 26.0 Å². The smallest absolute Gasteiger partial charge is 0.338 e. The molecule has 1 amide bonds. The van der Waals surface area contributed by atoms with Crippen molar-refractivity contribution >= 4 is 17.6 Å². The minimum absolute atomic E-state index is 0.133. The van der Waals surface area contributed by atoms with Gasteiger partial charge in [0, 0.05) is 0 Å². The van der Waals surface area contributed by atoms with E-state index in [-0.39, 0.29) is 12.1 Å². The quantitative estimate of drug-likeness (QED) is 0.441. The molecule has 0 radical (unpaired) electrons. The molecule has 1 aromatic rings. The number of nitrogens with two attached hydrogens (primary N) is 1. The lowest BCUT2D eigenvalue weighted by Gasteiger charge is -2.07. The summed E-state index contributed by atoms with van der Waals surface area (Å²) in [7, 11) is 1.46. The molecule has 3 N–H and O–H groups in total. The zero-order chi connectivity index (χ0) is 14.3. The van der Waals surface area contributed by atoms with E-state index in [9.17, 15) is 9.59 Å². The van der Waals surface area contributed by atoms with Gasteiger partial charge in [0.25, 0.3) is 5.91 Å². The first-order chi connectivity index (χ1) is 9.08. The molecule has 7 heteroatoms. The predicted molar refractivity (Wildman–Crippen MR) is 66.3 cm³/mol. The Morgan fingerprint density at radius 3 is 2.79 bits per heavy atom. The van der Waals surface area contributed by atoms with Crippen molar-refractivity contribution in [2.24, 2.45) is 0 Å². The molecule has 0 atom stereocenters. The number of amides is 1.